The van der Waals surface area contributed by atoms with Crippen molar-refractivity contribution < 1.29 is 14.0 Å². The van der Waals surface area contributed by atoms with Gasteiger partial charge in [-0.25, -0.2) is 4.39 Å². The molecule has 0 spiro atoms. The molecule has 0 fully saturated rings. The van der Waals surface area contributed by atoms with Crippen molar-refractivity contribution in [3.05, 3.63) is 63.5 Å². The van der Waals surface area contributed by atoms with Gasteiger partial charge >= 0.3 is 0 Å². The van der Waals surface area contributed by atoms with E-state index in [1.54, 1.807) is 18.2 Å². The highest BCUT2D eigenvalue weighted by Gasteiger charge is 2.25. The molecule has 1 unspecified atom stereocenters. The Morgan fingerprint density at radius 2 is 1.67 bits per heavy atom. The van der Waals surface area contributed by atoms with Crippen molar-refractivity contribution >= 4 is 40.1 Å². The van der Waals surface area contributed by atoms with Crippen LogP contribution in [0.5, 0.6) is 0 Å². The second kappa shape index (κ2) is 8.23. The minimum absolute atomic E-state index is 0.0785. The molecule has 0 aliphatic rings. The lowest BCUT2D eigenvalue weighted by Crippen LogP contribution is -2.47. The van der Waals surface area contributed by atoms with Gasteiger partial charge in [0.2, 0.25) is 5.91 Å². The molecule has 2 aromatic rings. The highest BCUT2D eigenvalue weighted by Crippen LogP contribution is 2.14. The van der Waals surface area contributed by atoms with Crippen LogP contribution in [-0.4, -0.2) is 17.9 Å². The summed E-state index contributed by atoms with van der Waals surface area (Å²) in [7, 11) is 0. The summed E-state index contributed by atoms with van der Waals surface area (Å²) in [6, 6.07) is 12.2. The van der Waals surface area contributed by atoms with Gasteiger partial charge in [-0.1, -0.05) is 26.0 Å². The maximum atomic E-state index is 13.7. The number of carbonyl (C=O) groups excluding carboxylic acids is 2. The Morgan fingerprint density at radius 3 is 2.25 bits per heavy atom. The standard InChI is InChI=1S/C18H18FIN2O2/c1-11(2)16(18(24)21-13-9-7-12(20)8-10-13)22-17(23)14-5-3-4-6-15(14)19/h3-11,16H,1-2H3,(H,21,24)(H,22,23). The summed E-state index contributed by atoms with van der Waals surface area (Å²) in [5.41, 5.74) is 0.566. The molecule has 0 saturated heterocycles. The predicted molar refractivity (Wildman–Crippen MR) is 100 cm³/mol. The third-order valence-electron chi connectivity index (χ3n) is 3.47. The Balaban J connectivity index is 2.11. The molecule has 0 radical (unpaired) electrons. The van der Waals surface area contributed by atoms with Crippen LogP contribution in [0.2, 0.25) is 0 Å². The van der Waals surface area contributed by atoms with Crippen LogP contribution in [0.15, 0.2) is 48.5 Å². The first-order chi connectivity index (χ1) is 11.4. The monoisotopic (exact) mass is 440 g/mol. The highest BCUT2D eigenvalue weighted by molar-refractivity contribution is 14.1. The molecule has 2 aromatic carbocycles. The van der Waals surface area contributed by atoms with Crippen LogP contribution >= 0.6 is 22.6 Å². The van der Waals surface area contributed by atoms with E-state index in [1.165, 1.54) is 18.2 Å². The molecule has 2 rings (SSSR count). The zero-order chi connectivity index (χ0) is 17.7. The van der Waals surface area contributed by atoms with Gasteiger partial charge in [0.15, 0.2) is 0 Å². The zero-order valence-electron chi connectivity index (χ0n) is 13.3. The number of benzene rings is 2. The Morgan fingerprint density at radius 1 is 1.04 bits per heavy atom. The van der Waals surface area contributed by atoms with E-state index in [1.807, 2.05) is 26.0 Å². The Hall–Kier alpha value is -1.96. The zero-order valence-corrected chi connectivity index (χ0v) is 15.5. The number of anilines is 1. The molecule has 0 aromatic heterocycles. The first-order valence-electron chi connectivity index (χ1n) is 7.50. The summed E-state index contributed by atoms with van der Waals surface area (Å²) in [6.45, 7) is 3.64. The molecule has 4 nitrogen and oxygen atoms in total. The van der Waals surface area contributed by atoms with Crippen LogP contribution in [0.3, 0.4) is 0 Å². The molecule has 2 amide bonds. The number of hydrogen-bond donors (Lipinski definition) is 2. The van der Waals surface area contributed by atoms with E-state index in [4.69, 9.17) is 0 Å². The van der Waals surface area contributed by atoms with Crippen LogP contribution in [-0.2, 0) is 4.79 Å². The average Bonchev–Trinajstić information content (AvgIpc) is 2.54. The van der Waals surface area contributed by atoms with Crippen molar-refractivity contribution in [2.75, 3.05) is 5.32 Å². The molecule has 0 aliphatic carbocycles. The Bertz CT molecular complexity index is 732. The molecule has 6 heteroatoms. The lowest BCUT2D eigenvalue weighted by molar-refractivity contribution is -0.118. The SMILES string of the molecule is CC(C)C(NC(=O)c1ccccc1F)C(=O)Nc1ccc(I)cc1. The first-order valence-corrected chi connectivity index (χ1v) is 8.58. The third kappa shape index (κ3) is 4.77. The van der Waals surface area contributed by atoms with Gasteiger partial charge in [0.1, 0.15) is 11.9 Å². The molecule has 0 heterocycles. The molecular weight excluding hydrogens is 422 g/mol. The minimum Gasteiger partial charge on any atom is -0.340 e. The van der Waals surface area contributed by atoms with Gasteiger partial charge in [0.25, 0.3) is 5.91 Å². The lowest BCUT2D eigenvalue weighted by atomic mass is 10.0. The fourth-order valence-corrected chi connectivity index (χ4v) is 2.51. The maximum absolute atomic E-state index is 13.7. The van der Waals surface area contributed by atoms with Crippen molar-refractivity contribution in [2.45, 2.75) is 19.9 Å². The van der Waals surface area contributed by atoms with Crippen LogP contribution in [0.1, 0.15) is 24.2 Å². The van der Waals surface area contributed by atoms with Gasteiger partial charge in [0.05, 0.1) is 5.56 Å². The van der Waals surface area contributed by atoms with E-state index in [9.17, 15) is 14.0 Å². The van der Waals surface area contributed by atoms with Crippen molar-refractivity contribution in [2.24, 2.45) is 5.92 Å². The van der Waals surface area contributed by atoms with Crippen LogP contribution in [0.25, 0.3) is 0 Å². The van der Waals surface area contributed by atoms with Crippen molar-refractivity contribution in [1.82, 2.24) is 5.32 Å². The average molecular weight is 440 g/mol. The summed E-state index contributed by atoms with van der Waals surface area (Å²) < 4.78 is 14.8. The highest BCUT2D eigenvalue weighted by atomic mass is 127. The molecule has 126 valence electrons. The quantitative estimate of drug-likeness (QED) is 0.695. The Kier molecular flexibility index (Phi) is 6.30. The van der Waals surface area contributed by atoms with Crippen molar-refractivity contribution in [3.63, 3.8) is 0 Å². The van der Waals surface area contributed by atoms with Gasteiger partial charge in [-0.15, -0.1) is 0 Å². The number of carbonyl (C=O) groups is 2. The topological polar surface area (TPSA) is 58.2 Å². The van der Waals surface area contributed by atoms with Crippen LogP contribution in [0, 0.1) is 15.3 Å². The van der Waals surface area contributed by atoms with E-state index >= 15 is 0 Å². The van der Waals surface area contributed by atoms with E-state index in [2.05, 4.69) is 33.2 Å². The summed E-state index contributed by atoms with van der Waals surface area (Å²) in [4.78, 5) is 24.7. The number of nitrogens with one attached hydrogen (secondary N) is 2. The first kappa shape index (κ1) is 18.4. The largest absolute Gasteiger partial charge is 0.340 e. The predicted octanol–water partition coefficient (Wildman–Crippen LogP) is 3.82. The maximum Gasteiger partial charge on any atom is 0.254 e. The van der Waals surface area contributed by atoms with Gasteiger partial charge < -0.3 is 10.6 Å². The lowest BCUT2D eigenvalue weighted by Gasteiger charge is -2.22. The van der Waals surface area contributed by atoms with E-state index < -0.39 is 17.8 Å². The molecule has 0 aliphatic heterocycles. The van der Waals surface area contributed by atoms with E-state index in [0.29, 0.717) is 5.69 Å². The molecule has 2 N–H and O–H groups in total. The van der Waals surface area contributed by atoms with Crippen molar-refractivity contribution in [1.29, 1.82) is 0 Å². The number of amides is 2. The Labute approximate surface area is 154 Å². The van der Waals surface area contributed by atoms with E-state index in [-0.39, 0.29) is 17.4 Å². The normalized spacial score (nSPS) is 11.9. The molecular formula is C18H18FIN2O2. The van der Waals surface area contributed by atoms with E-state index in [0.717, 1.165) is 3.57 Å². The summed E-state index contributed by atoms with van der Waals surface area (Å²) >= 11 is 2.17. The van der Waals surface area contributed by atoms with Gasteiger partial charge in [0, 0.05) is 9.26 Å². The van der Waals surface area contributed by atoms with Gasteiger partial charge in [-0.2, -0.15) is 0 Å². The number of hydrogen-bond acceptors (Lipinski definition) is 2. The number of halogens is 2. The minimum atomic E-state index is -0.767. The second-order valence-electron chi connectivity index (χ2n) is 5.67. The number of rotatable bonds is 5. The van der Waals surface area contributed by atoms with Crippen molar-refractivity contribution in [3.8, 4) is 0 Å². The fourth-order valence-electron chi connectivity index (χ4n) is 2.15. The third-order valence-corrected chi connectivity index (χ3v) is 4.19. The van der Waals surface area contributed by atoms with Gasteiger partial charge in [-0.3, -0.25) is 9.59 Å². The fraction of sp³-hybridized carbons (Fsp3) is 0.222. The molecule has 0 bridgehead atoms. The van der Waals surface area contributed by atoms with Gasteiger partial charge in [-0.05, 0) is 64.9 Å². The second-order valence-corrected chi connectivity index (χ2v) is 6.92. The summed E-state index contributed by atoms with van der Waals surface area (Å²) in [5, 5.41) is 5.38. The summed E-state index contributed by atoms with van der Waals surface area (Å²) in [6.07, 6.45) is 0. The van der Waals surface area contributed by atoms with Crippen LogP contribution < -0.4 is 10.6 Å². The van der Waals surface area contributed by atoms with Crippen LogP contribution in [0.4, 0.5) is 10.1 Å². The summed E-state index contributed by atoms with van der Waals surface area (Å²) in [5.74, 6) is -1.71. The molecule has 1 atom stereocenters. The molecule has 24 heavy (non-hydrogen) atoms. The smallest absolute Gasteiger partial charge is 0.254 e. The molecule has 0 saturated carbocycles.